The molecular weight excluding hydrogens is 498 g/mol. The molecule has 0 radical (unpaired) electrons. The van der Waals surface area contributed by atoms with Gasteiger partial charge in [-0.15, -0.1) is 0 Å². The van der Waals surface area contributed by atoms with E-state index in [0.717, 1.165) is 6.42 Å². The number of amides is 2. The first kappa shape index (κ1) is 27.2. The molecule has 0 saturated heterocycles. The quantitative estimate of drug-likeness (QED) is 0.129. The number of nitrogens with one attached hydrogen (secondary N) is 2. The molecule has 0 bridgehead atoms. The van der Waals surface area contributed by atoms with Gasteiger partial charge in [-0.3, -0.25) is 9.59 Å². The summed E-state index contributed by atoms with van der Waals surface area (Å²) in [6.07, 6.45) is 2.21. The predicted molar refractivity (Wildman–Crippen MR) is 141 cm³/mol. The number of esters is 1. The lowest BCUT2D eigenvalue weighted by Crippen LogP contribution is -2.32. The molecule has 10 heteroatoms. The van der Waals surface area contributed by atoms with E-state index in [9.17, 15) is 14.4 Å². The van der Waals surface area contributed by atoms with Crippen LogP contribution in [0.5, 0.6) is 17.2 Å². The van der Waals surface area contributed by atoms with Crippen molar-refractivity contribution in [2.24, 2.45) is 5.10 Å². The van der Waals surface area contributed by atoms with Crippen molar-refractivity contribution in [2.45, 2.75) is 20.3 Å². The summed E-state index contributed by atoms with van der Waals surface area (Å²) in [6, 6.07) is 17.9. The maximum atomic E-state index is 12.6. The zero-order chi connectivity index (χ0) is 26.6. The summed E-state index contributed by atoms with van der Waals surface area (Å²) in [5.41, 5.74) is 3.34. The van der Waals surface area contributed by atoms with Crippen LogP contribution in [0, 0.1) is 0 Å². The molecule has 2 amide bonds. The molecule has 0 fully saturated rings. The van der Waals surface area contributed by atoms with Crippen molar-refractivity contribution in [3.63, 3.8) is 0 Å². The standard InChI is InChI=1S/C27H26ClN3O6/c1-3-15-36-20-12-10-19(11-13-20)27(34)37-23-14-9-18(16-24(23)35-4-2)17-29-31-26(33)25(32)30-22-8-6-5-7-21(22)28/h5-14,16-17H,3-4,15H2,1-2H3,(H,30,32)(H,31,33). The maximum absolute atomic E-state index is 12.6. The molecule has 0 atom stereocenters. The van der Waals surface area contributed by atoms with E-state index < -0.39 is 17.8 Å². The number of hydrazone groups is 1. The molecule has 3 aromatic carbocycles. The Kier molecular flexibility index (Phi) is 10.0. The van der Waals surface area contributed by atoms with Crippen LogP contribution in [0.2, 0.25) is 5.02 Å². The Balaban J connectivity index is 1.62. The fraction of sp³-hybridized carbons (Fsp3) is 0.185. The minimum atomic E-state index is -0.974. The first-order chi connectivity index (χ1) is 17.9. The Morgan fingerprint density at radius 3 is 2.38 bits per heavy atom. The molecule has 0 aliphatic rings. The highest BCUT2D eigenvalue weighted by molar-refractivity contribution is 6.41. The van der Waals surface area contributed by atoms with E-state index >= 15 is 0 Å². The zero-order valence-corrected chi connectivity index (χ0v) is 21.1. The zero-order valence-electron chi connectivity index (χ0n) is 20.3. The number of rotatable bonds is 10. The van der Waals surface area contributed by atoms with E-state index in [1.165, 1.54) is 6.21 Å². The van der Waals surface area contributed by atoms with Gasteiger partial charge < -0.3 is 19.5 Å². The van der Waals surface area contributed by atoms with Gasteiger partial charge in [-0.05, 0) is 73.5 Å². The van der Waals surface area contributed by atoms with Crippen molar-refractivity contribution < 1.29 is 28.6 Å². The highest BCUT2D eigenvalue weighted by atomic mass is 35.5. The number of hydrogen-bond acceptors (Lipinski definition) is 7. The summed E-state index contributed by atoms with van der Waals surface area (Å²) in [5, 5.41) is 6.51. The van der Waals surface area contributed by atoms with Crippen LogP contribution in [0.1, 0.15) is 36.2 Å². The molecule has 0 aromatic heterocycles. The van der Waals surface area contributed by atoms with Gasteiger partial charge in [0.05, 0.1) is 35.7 Å². The van der Waals surface area contributed by atoms with Crippen LogP contribution in [0.3, 0.4) is 0 Å². The predicted octanol–water partition coefficient (Wildman–Crippen LogP) is 4.84. The van der Waals surface area contributed by atoms with Crippen molar-refractivity contribution in [1.82, 2.24) is 5.43 Å². The lowest BCUT2D eigenvalue weighted by Gasteiger charge is -2.12. The average molecular weight is 524 g/mol. The SMILES string of the molecule is CCCOc1ccc(C(=O)Oc2ccc(C=NNC(=O)C(=O)Nc3ccccc3Cl)cc2OCC)cc1. The van der Waals surface area contributed by atoms with Crippen LogP contribution in [-0.2, 0) is 9.59 Å². The third-order valence-corrected chi connectivity index (χ3v) is 5.07. The molecule has 0 aliphatic heterocycles. The fourth-order valence-electron chi connectivity index (χ4n) is 2.98. The molecule has 3 aromatic rings. The first-order valence-electron chi connectivity index (χ1n) is 11.5. The van der Waals surface area contributed by atoms with Crippen molar-refractivity contribution in [2.75, 3.05) is 18.5 Å². The maximum Gasteiger partial charge on any atom is 0.343 e. The highest BCUT2D eigenvalue weighted by Crippen LogP contribution is 2.29. The van der Waals surface area contributed by atoms with Crippen LogP contribution < -0.4 is 25.0 Å². The van der Waals surface area contributed by atoms with Crippen LogP contribution in [0.15, 0.2) is 71.8 Å². The molecule has 192 valence electrons. The molecular formula is C27H26ClN3O6. The first-order valence-corrected chi connectivity index (χ1v) is 11.9. The number of nitrogens with zero attached hydrogens (tertiary/aromatic N) is 1. The Hall–Kier alpha value is -4.37. The lowest BCUT2D eigenvalue weighted by atomic mass is 10.2. The third kappa shape index (κ3) is 8.08. The minimum Gasteiger partial charge on any atom is -0.494 e. The molecule has 9 nitrogen and oxygen atoms in total. The number of hydrogen-bond donors (Lipinski definition) is 2. The van der Waals surface area contributed by atoms with Gasteiger partial charge >= 0.3 is 17.8 Å². The summed E-state index contributed by atoms with van der Waals surface area (Å²) in [7, 11) is 0. The smallest absolute Gasteiger partial charge is 0.343 e. The second-order valence-electron chi connectivity index (χ2n) is 7.53. The molecule has 0 unspecified atom stereocenters. The normalized spacial score (nSPS) is 10.6. The van der Waals surface area contributed by atoms with Gasteiger partial charge in [0.15, 0.2) is 11.5 Å². The number of carbonyl (C=O) groups excluding carboxylic acids is 3. The van der Waals surface area contributed by atoms with Crippen molar-refractivity contribution >= 4 is 41.3 Å². The van der Waals surface area contributed by atoms with E-state index in [-0.39, 0.29) is 5.75 Å². The fourth-order valence-corrected chi connectivity index (χ4v) is 3.16. The van der Waals surface area contributed by atoms with Crippen LogP contribution in [0.25, 0.3) is 0 Å². The van der Waals surface area contributed by atoms with Gasteiger partial charge in [-0.25, -0.2) is 10.2 Å². The minimum absolute atomic E-state index is 0.221. The molecule has 37 heavy (non-hydrogen) atoms. The number of benzene rings is 3. The molecule has 3 rings (SSSR count). The van der Waals surface area contributed by atoms with Crippen molar-refractivity contribution in [1.29, 1.82) is 0 Å². The Morgan fingerprint density at radius 1 is 0.919 bits per heavy atom. The number of carbonyl (C=O) groups is 3. The van der Waals surface area contributed by atoms with Crippen LogP contribution in [-0.4, -0.2) is 37.2 Å². The van der Waals surface area contributed by atoms with Crippen molar-refractivity contribution in [3.8, 4) is 17.2 Å². The number of para-hydroxylation sites is 1. The third-order valence-electron chi connectivity index (χ3n) is 4.74. The van der Waals surface area contributed by atoms with Gasteiger partial charge in [-0.2, -0.15) is 5.10 Å². The van der Waals surface area contributed by atoms with Gasteiger partial charge in [-0.1, -0.05) is 30.7 Å². The van der Waals surface area contributed by atoms with E-state index in [0.29, 0.717) is 46.5 Å². The highest BCUT2D eigenvalue weighted by Gasteiger charge is 2.15. The van der Waals surface area contributed by atoms with E-state index in [1.54, 1.807) is 73.7 Å². The topological polar surface area (TPSA) is 115 Å². The molecule has 0 spiro atoms. The number of halogens is 1. The Bertz CT molecular complexity index is 1280. The molecule has 0 aliphatic carbocycles. The van der Waals surface area contributed by atoms with Gasteiger partial charge in [0.1, 0.15) is 5.75 Å². The number of ether oxygens (including phenoxy) is 3. The van der Waals surface area contributed by atoms with E-state index in [1.807, 2.05) is 6.92 Å². The van der Waals surface area contributed by atoms with Gasteiger partial charge in [0, 0.05) is 0 Å². The largest absolute Gasteiger partial charge is 0.494 e. The Morgan fingerprint density at radius 2 is 1.68 bits per heavy atom. The van der Waals surface area contributed by atoms with Gasteiger partial charge in [0.2, 0.25) is 0 Å². The summed E-state index contributed by atoms with van der Waals surface area (Å²) >= 11 is 5.98. The monoisotopic (exact) mass is 523 g/mol. The molecule has 2 N–H and O–H groups in total. The van der Waals surface area contributed by atoms with Crippen LogP contribution >= 0.6 is 11.6 Å². The van der Waals surface area contributed by atoms with Crippen molar-refractivity contribution in [3.05, 3.63) is 82.9 Å². The van der Waals surface area contributed by atoms with E-state index in [4.69, 9.17) is 25.8 Å². The van der Waals surface area contributed by atoms with Gasteiger partial charge in [0.25, 0.3) is 0 Å². The summed E-state index contributed by atoms with van der Waals surface area (Å²) < 4.78 is 16.6. The second-order valence-corrected chi connectivity index (χ2v) is 7.94. The van der Waals surface area contributed by atoms with Crippen LogP contribution in [0.4, 0.5) is 5.69 Å². The average Bonchev–Trinajstić information content (AvgIpc) is 2.90. The van der Waals surface area contributed by atoms with E-state index in [2.05, 4.69) is 15.8 Å². The lowest BCUT2D eigenvalue weighted by molar-refractivity contribution is -0.136. The Labute approximate surface area is 219 Å². The summed E-state index contributed by atoms with van der Waals surface area (Å²) in [4.78, 5) is 36.7. The second kappa shape index (κ2) is 13.6. The summed E-state index contributed by atoms with van der Waals surface area (Å²) in [5.74, 6) is -1.25. The summed E-state index contributed by atoms with van der Waals surface area (Å²) in [6.45, 7) is 4.72. The number of anilines is 1. The molecule has 0 heterocycles. The molecule has 0 saturated carbocycles.